The average Bonchev–Trinajstić information content (AvgIpc) is 2.61. The molecule has 0 bridgehead atoms. The fourth-order valence-electron chi connectivity index (χ4n) is 2.03. The number of phenolic OH excluding ortho intramolecular Hbond substituents is 1. The molecule has 0 unspecified atom stereocenters. The highest BCUT2D eigenvalue weighted by atomic mass is 32.1. The van der Waals surface area contributed by atoms with Crippen LogP contribution in [0.1, 0.15) is 24.2 Å². The number of hydrogen-bond donors (Lipinski definition) is 3. The lowest BCUT2D eigenvalue weighted by molar-refractivity contribution is -0.384. The molecule has 0 spiro atoms. The molecule has 142 valence electrons. The van der Waals surface area contributed by atoms with E-state index in [1.165, 1.54) is 12.1 Å². The Labute approximate surface area is 161 Å². The number of nitro benzene ring substituents is 1. The van der Waals surface area contributed by atoms with E-state index in [9.17, 15) is 20.0 Å². The smallest absolute Gasteiger partial charge is 0.273 e. The van der Waals surface area contributed by atoms with Crippen LogP contribution in [0.4, 0.5) is 11.4 Å². The van der Waals surface area contributed by atoms with Gasteiger partial charge in [-0.25, -0.2) is 0 Å². The van der Waals surface area contributed by atoms with Gasteiger partial charge in [0, 0.05) is 11.6 Å². The molecule has 0 aromatic heterocycles. The van der Waals surface area contributed by atoms with Crippen LogP contribution in [0.5, 0.6) is 11.5 Å². The molecule has 2 rings (SSSR count). The Hall–Kier alpha value is -3.20. The SMILES string of the molecule is CC(C)COc1ccc(C(=O)NC(=S)Nc2ccc([N+](=O)[O-])cc2O)cc1. The summed E-state index contributed by atoms with van der Waals surface area (Å²) < 4.78 is 5.56. The fourth-order valence-corrected chi connectivity index (χ4v) is 2.24. The normalized spacial score (nSPS) is 10.3. The summed E-state index contributed by atoms with van der Waals surface area (Å²) in [7, 11) is 0. The van der Waals surface area contributed by atoms with Gasteiger partial charge < -0.3 is 15.2 Å². The number of phenols is 1. The third-order valence-corrected chi connectivity index (χ3v) is 3.57. The number of non-ortho nitro benzene ring substituents is 1. The van der Waals surface area contributed by atoms with E-state index in [-0.39, 0.29) is 22.2 Å². The van der Waals surface area contributed by atoms with E-state index in [1.807, 2.05) is 13.8 Å². The Kier molecular flexibility index (Phi) is 6.67. The maximum absolute atomic E-state index is 12.2. The van der Waals surface area contributed by atoms with Gasteiger partial charge in [0.1, 0.15) is 11.5 Å². The molecule has 27 heavy (non-hydrogen) atoms. The van der Waals surface area contributed by atoms with Crippen LogP contribution in [0.15, 0.2) is 42.5 Å². The standard InChI is InChI=1S/C18H19N3O5S/c1-11(2)10-26-14-6-3-12(4-7-14)17(23)20-18(27)19-15-8-5-13(21(24)25)9-16(15)22/h3-9,11,22H,10H2,1-2H3,(H2,19,20,23,27). The van der Waals surface area contributed by atoms with Gasteiger partial charge in [0.05, 0.1) is 23.3 Å². The molecule has 0 aliphatic rings. The zero-order valence-corrected chi connectivity index (χ0v) is 15.6. The summed E-state index contributed by atoms with van der Waals surface area (Å²) in [6.07, 6.45) is 0. The van der Waals surface area contributed by atoms with Crippen molar-refractivity contribution in [3.05, 3.63) is 58.1 Å². The molecule has 1 amide bonds. The zero-order valence-electron chi connectivity index (χ0n) is 14.8. The lowest BCUT2D eigenvalue weighted by Crippen LogP contribution is -2.34. The number of carbonyl (C=O) groups excluding carboxylic acids is 1. The quantitative estimate of drug-likeness (QED) is 0.300. The van der Waals surface area contributed by atoms with Gasteiger partial charge in [-0.2, -0.15) is 0 Å². The van der Waals surface area contributed by atoms with E-state index in [1.54, 1.807) is 24.3 Å². The highest BCUT2D eigenvalue weighted by molar-refractivity contribution is 7.80. The predicted octanol–water partition coefficient (Wildman–Crippen LogP) is 3.46. The molecular formula is C18H19N3O5S. The molecule has 0 aliphatic heterocycles. The number of nitrogens with zero attached hydrogens (tertiary/aromatic N) is 1. The Balaban J connectivity index is 1.95. The van der Waals surface area contributed by atoms with E-state index in [4.69, 9.17) is 17.0 Å². The fraction of sp³-hybridized carbons (Fsp3) is 0.222. The average molecular weight is 389 g/mol. The predicted molar refractivity (Wildman–Crippen MR) is 105 cm³/mol. The molecule has 0 heterocycles. The molecule has 0 aliphatic carbocycles. The minimum absolute atomic E-state index is 0.0516. The summed E-state index contributed by atoms with van der Waals surface area (Å²) in [6, 6.07) is 10.1. The zero-order chi connectivity index (χ0) is 20.0. The van der Waals surface area contributed by atoms with E-state index < -0.39 is 10.8 Å². The monoisotopic (exact) mass is 389 g/mol. The van der Waals surface area contributed by atoms with Gasteiger partial charge in [-0.3, -0.25) is 20.2 Å². The van der Waals surface area contributed by atoms with Crippen LogP contribution >= 0.6 is 12.2 Å². The molecule has 0 saturated carbocycles. The summed E-state index contributed by atoms with van der Waals surface area (Å²) in [5, 5.41) is 25.5. The van der Waals surface area contributed by atoms with Crippen molar-refractivity contribution in [2.75, 3.05) is 11.9 Å². The topological polar surface area (TPSA) is 114 Å². The van der Waals surface area contributed by atoms with Crippen molar-refractivity contribution in [1.29, 1.82) is 0 Å². The van der Waals surface area contributed by atoms with E-state index in [0.717, 1.165) is 6.07 Å². The van der Waals surface area contributed by atoms with E-state index in [2.05, 4.69) is 10.6 Å². The number of aromatic hydroxyl groups is 1. The highest BCUT2D eigenvalue weighted by Gasteiger charge is 2.13. The number of amides is 1. The van der Waals surface area contributed by atoms with Gasteiger partial charge in [-0.05, 0) is 48.5 Å². The van der Waals surface area contributed by atoms with Crippen molar-refractivity contribution >= 4 is 34.6 Å². The van der Waals surface area contributed by atoms with Gasteiger partial charge in [0.2, 0.25) is 0 Å². The molecule has 0 radical (unpaired) electrons. The van der Waals surface area contributed by atoms with Gasteiger partial charge >= 0.3 is 0 Å². The second-order valence-electron chi connectivity index (χ2n) is 6.10. The van der Waals surface area contributed by atoms with Crippen LogP contribution in [-0.4, -0.2) is 27.7 Å². The number of nitro groups is 1. The summed E-state index contributed by atoms with van der Waals surface area (Å²) in [6.45, 7) is 4.66. The third-order valence-electron chi connectivity index (χ3n) is 3.37. The first-order valence-electron chi connectivity index (χ1n) is 8.09. The number of nitrogens with one attached hydrogen (secondary N) is 2. The van der Waals surface area contributed by atoms with Gasteiger partial charge in [-0.15, -0.1) is 0 Å². The van der Waals surface area contributed by atoms with Crippen molar-refractivity contribution in [2.45, 2.75) is 13.8 Å². The van der Waals surface area contributed by atoms with Crippen LogP contribution in [0.2, 0.25) is 0 Å². The minimum Gasteiger partial charge on any atom is -0.506 e. The first-order chi connectivity index (χ1) is 12.8. The molecular weight excluding hydrogens is 370 g/mol. The van der Waals surface area contributed by atoms with Crippen LogP contribution < -0.4 is 15.4 Å². The number of thiocarbonyl (C=S) groups is 1. The van der Waals surface area contributed by atoms with Gasteiger partial charge in [0.15, 0.2) is 5.11 Å². The number of benzene rings is 2. The summed E-state index contributed by atoms with van der Waals surface area (Å²) >= 11 is 5.04. The van der Waals surface area contributed by atoms with Crippen molar-refractivity contribution < 1.29 is 19.6 Å². The Bertz CT molecular complexity index is 853. The maximum Gasteiger partial charge on any atom is 0.273 e. The van der Waals surface area contributed by atoms with Gasteiger partial charge in [0.25, 0.3) is 11.6 Å². The third kappa shape index (κ3) is 5.93. The molecule has 0 atom stereocenters. The lowest BCUT2D eigenvalue weighted by atomic mass is 10.2. The van der Waals surface area contributed by atoms with Crippen LogP contribution in [0, 0.1) is 16.0 Å². The molecule has 9 heteroatoms. The number of rotatable bonds is 6. The number of carbonyl (C=O) groups is 1. The van der Waals surface area contributed by atoms with Crippen LogP contribution in [0.25, 0.3) is 0 Å². The number of hydrogen-bond acceptors (Lipinski definition) is 6. The second kappa shape index (κ2) is 8.95. The van der Waals surface area contributed by atoms with Crippen molar-refractivity contribution in [1.82, 2.24) is 5.32 Å². The highest BCUT2D eigenvalue weighted by Crippen LogP contribution is 2.27. The lowest BCUT2D eigenvalue weighted by Gasteiger charge is -2.11. The molecule has 2 aromatic carbocycles. The Morgan fingerprint density at radius 2 is 1.93 bits per heavy atom. The molecule has 8 nitrogen and oxygen atoms in total. The second-order valence-corrected chi connectivity index (χ2v) is 6.50. The molecule has 0 saturated heterocycles. The molecule has 2 aromatic rings. The van der Waals surface area contributed by atoms with E-state index >= 15 is 0 Å². The van der Waals surface area contributed by atoms with E-state index in [0.29, 0.717) is 23.8 Å². The van der Waals surface area contributed by atoms with Crippen LogP contribution in [0.3, 0.4) is 0 Å². The largest absolute Gasteiger partial charge is 0.506 e. The first kappa shape index (κ1) is 20.1. The summed E-state index contributed by atoms with van der Waals surface area (Å²) in [5.41, 5.74) is 0.264. The summed E-state index contributed by atoms with van der Waals surface area (Å²) in [5.74, 6) is 0.265. The van der Waals surface area contributed by atoms with Crippen molar-refractivity contribution in [2.24, 2.45) is 5.92 Å². The minimum atomic E-state index is -0.627. The Morgan fingerprint density at radius 1 is 1.26 bits per heavy atom. The van der Waals surface area contributed by atoms with Crippen LogP contribution in [-0.2, 0) is 0 Å². The molecule has 0 fully saturated rings. The maximum atomic E-state index is 12.2. The first-order valence-corrected chi connectivity index (χ1v) is 8.49. The van der Waals surface area contributed by atoms with Crippen molar-refractivity contribution in [3.63, 3.8) is 0 Å². The van der Waals surface area contributed by atoms with Gasteiger partial charge in [-0.1, -0.05) is 13.8 Å². The van der Waals surface area contributed by atoms with Crippen molar-refractivity contribution in [3.8, 4) is 11.5 Å². The Morgan fingerprint density at radius 3 is 2.48 bits per heavy atom. The number of ether oxygens (including phenoxy) is 1. The summed E-state index contributed by atoms with van der Waals surface area (Å²) in [4.78, 5) is 22.3. The molecule has 3 N–H and O–H groups in total. The number of anilines is 1.